The SMILES string of the molecule is CCN1CCC(c2c(O)cc(O)c3c(=O)cc(C=Cc4cccc(Cl)c4)oc23)C(O)C1. The van der Waals surface area contributed by atoms with Crippen LogP contribution in [-0.2, 0) is 0 Å². The van der Waals surface area contributed by atoms with Crippen LogP contribution >= 0.6 is 11.6 Å². The molecule has 2 atom stereocenters. The average Bonchev–Trinajstić information content (AvgIpc) is 2.72. The van der Waals surface area contributed by atoms with E-state index in [1.54, 1.807) is 24.3 Å². The van der Waals surface area contributed by atoms with Crippen LogP contribution in [0.5, 0.6) is 11.5 Å². The molecule has 2 unspecified atom stereocenters. The molecule has 2 heterocycles. The first-order valence-corrected chi connectivity index (χ1v) is 10.6. The Hall–Kier alpha value is -2.80. The highest BCUT2D eigenvalue weighted by Crippen LogP contribution is 2.42. The Balaban J connectivity index is 1.82. The highest BCUT2D eigenvalue weighted by Gasteiger charge is 2.33. The Bertz CT molecular complexity index is 1200. The summed E-state index contributed by atoms with van der Waals surface area (Å²) in [5.41, 5.74) is 0.860. The number of piperidine rings is 1. The molecule has 0 aliphatic carbocycles. The fourth-order valence-corrected chi connectivity index (χ4v) is 4.39. The van der Waals surface area contributed by atoms with Crippen molar-refractivity contribution in [1.29, 1.82) is 0 Å². The third-order valence-corrected chi connectivity index (χ3v) is 6.02. The van der Waals surface area contributed by atoms with Crippen molar-refractivity contribution >= 4 is 34.7 Å². The molecule has 0 amide bonds. The number of aliphatic hydroxyl groups excluding tert-OH is 1. The van der Waals surface area contributed by atoms with E-state index >= 15 is 0 Å². The lowest BCUT2D eigenvalue weighted by atomic mass is 9.85. The van der Waals surface area contributed by atoms with Crippen LogP contribution in [0.4, 0.5) is 0 Å². The molecule has 1 aliphatic heterocycles. The molecule has 6 nitrogen and oxygen atoms in total. The average molecular weight is 442 g/mol. The number of rotatable bonds is 4. The molecule has 4 rings (SSSR count). The van der Waals surface area contributed by atoms with E-state index in [1.807, 2.05) is 19.1 Å². The number of phenols is 2. The highest BCUT2D eigenvalue weighted by molar-refractivity contribution is 6.30. The molecule has 3 aromatic rings. The minimum Gasteiger partial charge on any atom is -0.507 e. The van der Waals surface area contributed by atoms with Gasteiger partial charge in [0, 0.05) is 35.2 Å². The van der Waals surface area contributed by atoms with Gasteiger partial charge in [-0.2, -0.15) is 0 Å². The number of aliphatic hydroxyl groups is 1. The standard InChI is InChI=1S/C24H24ClNO5/c1-2-26-9-8-17(21(30)13-26)22-19(28)12-20(29)23-18(27)11-16(31-24(22)23)7-6-14-4-3-5-15(25)10-14/h3-7,10-12,17,21,28-30H,2,8-9,13H2,1H3. The highest BCUT2D eigenvalue weighted by atomic mass is 35.5. The molecule has 3 N–H and O–H groups in total. The fourth-order valence-electron chi connectivity index (χ4n) is 4.19. The summed E-state index contributed by atoms with van der Waals surface area (Å²) in [5.74, 6) is -0.695. The summed E-state index contributed by atoms with van der Waals surface area (Å²) in [4.78, 5) is 14.9. The second-order valence-electron chi connectivity index (χ2n) is 7.79. The van der Waals surface area contributed by atoms with Crippen molar-refractivity contribution in [2.75, 3.05) is 19.6 Å². The lowest BCUT2D eigenvalue weighted by molar-refractivity contribution is 0.0533. The summed E-state index contributed by atoms with van der Waals surface area (Å²) >= 11 is 6.02. The number of hydrogen-bond acceptors (Lipinski definition) is 6. The van der Waals surface area contributed by atoms with E-state index in [2.05, 4.69) is 4.90 Å². The van der Waals surface area contributed by atoms with Crippen molar-refractivity contribution in [3.05, 3.63) is 68.5 Å². The van der Waals surface area contributed by atoms with Crippen molar-refractivity contribution < 1.29 is 19.7 Å². The smallest absolute Gasteiger partial charge is 0.197 e. The topological polar surface area (TPSA) is 94.1 Å². The minimum atomic E-state index is -0.733. The fraction of sp³-hybridized carbons (Fsp3) is 0.292. The lowest BCUT2D eigenvalue weighted by Gasteiger charge is -2.35. The summed E-state index contributed by atoms with van der Waals surface area (Å²) in [6, 6.07) is 9.66. The Morgan fingerprint density at radius 3 is 2.71 bits per heavy atom. The van der Waals surface area contributed by atoms with E-state index in [0.29, 0.717) is 23.6 Å². The lowest BCUT2D eigenvalue weighted by Crippen LogP contribution is -2.42. The van der Waals surface area contributed by atoms with Gasteiger partial charge in [0.05, 0.1) is 6.10 Å². The molecule has 1 aliphatic rings. The second kappa shape index (κ2) is 8.75. The van der Waals surface area contributed by atoms with Crippen LogP contribution in [-0.4, -0.2) is 46.0 Å². The van der Waals surface area contributed by atoms with Gasteiger partial charge in [-0.25, -0.2) is 0 Å². The zero-order valence-corrected chi connectivity index (χ0v) is 17.8. The molecule has 0 saturated carbocycles. The first-order valence-electron chi connectivity index (χ1n) is 10.2. The summed E-state index contributed by atoms with van der Waals surface area (Å²) < 4.78 is 5.98. The van der Waals surface area contributed by atoms with Crippen LogP contribution in [0.25, 0.3) is 23.1 Å². The zero-order valence-electron chi connectivity index (χ0n) is 17.1. The third kappa shape index (κ3) is 4.32. The number of likely N-dealkylation sites (N-methyl/N-ethyl adjacent to an activating group) is 1. The van der Waals surface area contributed by atoms with Gasteiger partial charge in [-0.05, 0) is 43.3 Å². The molecular weight excluding hydrogens is 418 g/mol. The molecule has 1 saturated heterocycles. The van der Waals surface area contributed by atoms with E-state index in [0.717, 1.165) is 24.7 Å². The van der Waals surface area contributed by atoms with E-state index in [1.165, 1.54) is 6.07 Å². The number of β-amino-alcohol motifs (C(OH)–C–C–N with tert-alkyl or cyclic N) is 1. The van der Waals surface area contributed by atoms with Gasteiger partial charge in [-0.15, -0.1) is 0 Å². The van der Waals surface area contributed by atoms with Crippen LogP contribution in [0, 0.1) is 0 Å². The molecule has 0 radical (unpaired) electrons. The van der Waals surface area contributed by atoms with Gasteiger partial charge in [-0.3, -0.25) is 4.79 Å². The molecule has 162 valence electrons. The second-order valence-corrected chi connectivity index (χ2v) is 8.23. The summed E-state index contributed by atoms with van der Waals surface area (Å²) in [7, 11) is 0. The van der Waals surface area contributed by atoms with E-state index in [4.69, 9.17) is 16.0 Å². The largest absolute Gasteiger partial charge is 0.507 e. The Morgan fingerprint density at radius 2 is 2.00 bits per heavy atom. The number of nitrogens with zero attached hydrogens (tertiary/aromatic N) is 1. The first kappa shape index (κ1) is 21.4. The predicted molar refractivity (Wildman–Crippen MR) is 122 cm³/mol. The Kier molecular flexibility index (Phi) is 6.05. The maximum atomic E-state index is 12.8. The van der Waals surface area contributed by atoms with Gasteiger partial charge in [0.2, 0.25) is 0 Å². The molecule has 2 aromatic carbocycles. The van der Waals surface area contributed by atoms with E-state index in [9.17, 15) is 20.1 Å². The number of benzene rings is 2. The summed E-state index contributed by atoms with van der Waals surface area (Å²) in [5, 5.41) is 32.3. The molecule has 0 bridgehead atoms. The normalized spacial score (nSPS) is 20.0. The Labute approximate surface area is 184 Å². The van der Waals surface area contributed by atoms with Gasteiger partial charge in [-0.1, -0.05) is 36.7 Å². The molecule has 0 spiro atoms. The quantitative estimate of drug-likeness (QED) is 0.561. The number of likely N-dealkylation sites (tertiary alicyclic amines) is 1. The maximum Gasteiger partial charge on any atom is 0.197 e. The zero-order chi connectivity index (χ0) is 22.1. The van der Waals surface area contributed by atoms with Crippen molar-refractivity contribution in [2.24, 2.45) is 0 Å². The van der Waals surface area contributed by atoms with Crippen molar-refractivity contribution in [1.82, 2.24) is 4.90 Å². The summed E-state index contributed by atoms with van der Waals surface area (Å²) in [6.07, 6.45) is 3.25. The van der Waals surface area contributed by atoms with Gasteiger partial charge < -0.3 is 24.6 Å². The number of phenolic OH excluding ortho intramolecular Hbond substituents is 2. The van der Waals surface area contributed by atoms with Gasteiger partial charge >= 0.3 is 0 Å². The van der Waals surface area contributed by atoms with Crippen LogP contribution < -0.4 is 5.43 Å². The number of fused-ring (bicyclic) bond motifs is 1. The van der Waals surface area contributed by atoms with Crippen molar-refractivity contribution in [2.45, 2.75) is 25.4 Å². The van der Waals surface area contributed by atoms with E-state index in [-0.39, 0.29) is 28.2 Å². The maximum absolute atomic E-state index is 12.8. The molecular formula is C24H24ClNO5. The Morgan fingerprint density at radius 1 is 1.19 bits per heavy atom. The van der Waals surface area contributed by atoms with Gasteiger partial charge in [0.25, 0.3) is 0 Å². The van der Waals surface area contributed by atoms with Gasteiger partial charge in [0.15, 0.2) is 5.43 Å². The predicted octanol–water partition coefficient (Wildman–Crippen LogP) is 4.20. The number of aromatic hydroxyl groups is 2. The number of hydrogen-bond donors (Lipinski definition) is 3. The summed E-state index contributed by atoms with van der Waals surface area (Å²) in [6.45, 7) is 4.05. The molecule has 1 fully saturated rings. The molecule has 7 heteroatoms. The van der Waals surface area contributed by atoms with E-state index < -0.39 is 17.5 Å². The molecule has 31 heavy (non-hydrogen) atoms. The van der Waals surface area contributed by atoms with Crippen LogP contribution in [0.2, 0.25) is 5.02 Å². The van der Waals surface area contributed by atoms with Crippen molar-refractivity contribution in [3.63, 3.8) is 0 Å². The van der Waals surface area contributed by atoms with Crippen LogP contribution in [0.15, 0.2) is 45.6 Å². The van der Waals surface area contributed by atoms with Crippen LogP contribution in [0.3, 0.4) is 0 Å². The number of halogens is 1. The van der Waals surface area contributed by atoms with Crippen molar-refractivity contribution in [3.8, 4) is 11.5 Å². The van der Waals surface area contributed by atoms with Crippen LogP contribution in [0.1, 0.15) is 36.1 Å². The molecule has 1 aromatic heterocycles. The first-order chi connectivity index (χ1) is 14.9. The van der Waals surface area contributed by atoms with Gasteiger partial charge in [0.1, 0.15) is 28.2 Å². The third-order valence-electron chi connectivity index (χ3n) is 5.79. The minimum absolute atomic E-state index is 0.00201. The monoisotopic (exact) mass is 441 g/mol.